The van der Waals surface area contributed by atoms with E-state index in [1.807, 2.05) is 23.1 Å². The van der Waals surface area contributed by atoms with Crippen molar-refractivity contribution in [2.45, 2.75) is 18.5 Å². The zero-order valence-corrected chi connectivity index (χ0v) is 18.4. The van der Waals surface area contributed by atoms with Crippen LogP contribution in [0.4, 0.5) is 5.13 Å². The van der Waals surface area contributed by atoms with Gasteiger partial charge in [-0.15, -0.1) is 21.5 Å². The fourth-order valence-corrected chi connectivity index (χ4v) is 4.77. The van der Waals surface area contributed by atoms with Gasteiger partial charge in [0.15, 0.2) is 10.3 Å². The molecule has 1 N–H and O–H groups in total. The number of hydrogen-bond donors (Lipinski definition) is 1. The van der Waals surface area contributed by atoms with Crippen molar-refractivity contribution in [2.24, 2.45) is 7.05 Å². The van der Waals surface area contributed by atoms with Crippen LogP contribution in [0.2, 0.25) is 0 Å². The van der Waals surface area contributed by atoms with Gasteiger partial charge >= 0.3 is 0 Å². The summed E-state index contributed by atoms with van der Waals surface area (Å²) in [5, 5.41) is 14.3. The molecule has 2 amide bonds. The first-order chi connectivity index (χ1) is 13.3. The lowest BCUT2D eigenvalue weighted by molar-refractivity contribution is -0.113. The number of aromatic nitrogens is 4. The number of carbonyl (C=O) groups excluding carboxylic acids is 2. The van der Waals surface area contributed by atoms with Crippen molar-refractivity contribution in [1.29, 1.82) is 0 Å². The predicted molar refractivity (Wildman–Crippen MR) is 112 cm³/mol. The average Bonchev–Trinajstić information content (AvgIpc) is 3.36. The normalized spacial score (nSPS) is 10.9. The molecule has 0 aliphatic rings. The summed E-state index contributed by atoms with van der Waals surface area (Å²) in [5.41, 5.74) is 0.609. The highest BCUT2D eigenvalue weighted by molar-refractivity contribution is 7.99. The number of nitrogens with zero attached hydrogens (tertiary/aromatic N) is 5. The summed E-state index contributed by atoms with van der Waals surface area (Å²) in [6.45, 7) is 1.76. The summed E-state index contributed by atoms with van der Waals surface area (Å²) < 4.78 is 1.90. The molecule has 3 heterocycles. The van der Waals surface area contributed by atoms with Crippen molar-refractivity contribution in [2.75, 3.05) is 25.2 Å². The highest BCUT2D eigenvalue weighted by Crippen LogP contribution is 2.24. The average molecular weight is 437 g/mol. The molecule has 8 nitrogen and oxygen atoms in total. The molecule has 0 aliphatic heterocycles. The van der Waals surface area contributed by atoms with Gasteiger partial charge in [0.25, 0.3) is 5.91 Å². The van der Waals surface area contributed by atoms with Crippen molar-refractivity contribution >= 4 is 51.4 Å². The maximum Gasteiger partial charge on any atom is 0.265 e. The molecule has 3 rings (SSSR count). The number of anilines is 1. The molecule has 3 aromatic rings. The summed E-state index contributed by atoms with van der Waals surface area (Å²) in [6.07, 6.45) is 0.717. The first kappa shape index (κ1) is 20.5. The second kappa shape index (κ2) is 8.84. The van der Waals surface area contributed by atoms with Crippen LogP contribution in [0.5, 0.6) is 0 Å². The van der Waals surface area contributed by atoms with Gasteiger partial charge in [-0.05, 0) is 18.4 Å². The maximum atomic E-state index is 12.3. The molecule has 3 aromatic heterocycles. The van der Waals surface area contributed by atoms with E-state index < -0.39 is 0 Å². The molecule has 0 saturated heterocycles. The topological polar surface area (TPSA) is 93.0 Å². The lowest BCUT2D eigenvalue weighted by Gasteiger charge is -2.07. The molecular weight excluding hydrogens is 416 g/mol. The van der Waals surface area contributed by atoms with Crippen molar-refractivity contribution in [1.82, 2.24) is 24.6 Å². The second-order valence-corrected chi connectivity index (χ2v) is 9.16. The Morgan fingerprint density at radius 2 is 2.11 bits per heavy atom. The highest BCUT2D eigenvalue weighted by Gasteiger charge is 2.18. The van der Waals surface area contributed by atoms with Crippen LogP contribution in [-0.4, -0.2) is 56.3 Å². The zero-order valence-electron chi connectivity index (χ0n) is 15.9. The van der Waals surface area contributed by atoms with Crippen molar-refractivity contribution in [3.8, 4) is 0 Å². The zero-order chi connectivity index (χ0) is 20.3. The third-order valence-corrected chi connectivity index (χ3v) is 6.77. The van der Waals surface area contributed by atoms with Crippen LogP contribution in [0, 0.1) is 6.92 Å². The molecule has 28 heavy (non-hydrogen) atoms. The number of aryl methyl sites for hydroxylation is 1. The number of carbonyl (C=O) groups is 2. The molecule has 0 spiro atoms. The van der Waals surface area contributed by atoms with Crippen molar-refractivity contribution in [3.63, 3.8) is 0 Å². The van der Waals surface area contributed by atoms with E-state index >= 15 is 0 Å². The van der Waals surface area contributed by atoms with Crippen LogP contribution in [0.25, 0.3) is 0 Å². The van der Waals surface area contributed by atoms with E-state index in [2.05, 4.69) is 26.6 Å². The summed E-state index contributed by atoms with van der Waals surface area (Å²) in [5.74, 6) is 0.709. The standard InChI is InChI=1S/C17H20N6O2S3/c1-10-14(15(25)22(2)3)28-16(18-10)19-13(24)9-27-17-21-20-12(23(17)4)8-11-6-5-7-26-11/h5-7H,8-9H2,1-4H3,(H,18,19,24). The van der Waals surface area contributed by atoms with E-state index in [0.29, 0.717) is 20.9 Å². The fraction of sp³-hybridized carbons (Fsp3) is 0.353. The molecule has 0 atom stereocenters. The number of thiazole rings is 1. The monoisotopic (exact) mass is 436 g/mol. The predicted octanol–water partition coefficient (Wildman–Crippen LogP) is 2.66. The van der Waals surface area contributed by atoms with Gasteiger partial charge in [-0.3, -0.25) is 9.59 Å². The van der Waals surface area contributed by atoms with E-state index in [9.17, 15) is 9.59 Å². The van der Waals surface area contributed by atoms with Crippen LogP contribution >= 0.6 is 34.4 Å². The van der Waals surface area contributed by atoms with E-state index in [-0.39, 0.29) is 17.6 Å². The van der Waals surface area contributed by atoms with Gasteiger partial charge in [0.1, 0.15) is 10.7 Å². The molecule has 0 bridgehead atoms. The largest absolute Gasteiger partial charge is 0.344 e. The molecule has 11 heteroatoms. The number of hydrogen-bond acceptors (Lipinski definition) is 8. The minimum atomic E-state index is -0.203. The SMILES string of the molecule is Cc1nc(NC(=O)CSc2nnc(Cc3cccs3)n2C)sc1C(=O)N(C)C. The van der Waals surface area contributed by atoms with Gasteiger partial charge in [0.2, 0.25) is 5.91 Å². The summed E-state index contributed by atoms with van der Waals surface area (Å²) >= 11 is 4.17. The van der Waals surface area contributed by atoms with E-state index in [1.165, 1.54) is 32.9 Å². The van der Waals surface area contributed by atoms with Crippen LogP contribution in [-0.2, 0) is 18.3 Å². The Hall–Kier alpha value is -2.24. The highest BCUT2D eigenvalue weighted by atomic mass is 32.2. The van der Waals surface area contributed by atoms with E-state index in [4.69, 9.17) is 0 Å². The number of amides is 2. The number of thioether (sulfide) groups is 1. The Bertz CT molecular complexity index is 977. The second-order valence-electron chi connectivity index (χ2n) is 6.18. The van der Waals surface area contributed by atoms with Crippen LogP contribution in [0.15, 0.2) is 22.7 Å². The van der Waals surface area contributed by atoms with Gasteiger partial charge in [-0.1, -0.05) is 29.2 Å². The summed E-state index contributed by atoms with van der Waals surface area (Å²) in [4.78, 5) is 31.9. The Morgan fingerprint density at radius 1 is 1.32 bits per heavy atom. The van der Waals surface area contributed by atoms with Crippen LogP contribution in [0.1, 0.15) is 26.1 Å². The number of nitrogens with one attached hydrogen (secondary N) is 1. The first-order valence-corrected chi connectivity index (χ1v) is 11.1. The molecular formula is C17H20N6O2S3. The third-order valence-electron chi connectivity index (χ3n) is 3.81. The van der Waals surface area contributed by atoms with Crippen LogP contribution in [0.3, 0.4) is 0 Å². The molecule has 0 aromatic carbocycles. The van der Waals surface area contributed by atoms with Crippen LogP contribution < -0.4 is 5.32 Å². The number of thiophene rings is 1. The van der Waals surface area contributed by atoms with E-state index in [1.54, 1.807) is 32.4 Å². The quantitative estimate of drug-likeness (QED) is 0.573. The number of rotatable bonds is 7. The van der Waals surface area contributed by atoms with Gasteiger partial charge in [-0.25, -0.2) is 4.98 Å². The van der Waals surface area contributed by atoms with Gasteiger partial charge in [0.05, 0.1) is 11.4 Å². The molecule has 0 unspecified atom stereocenters. The van der Waals surface area contributed by atoms with Gasteiger partial charge in [-0.2, -0.15) is 0 Å². The molecule has 0 radical (unpaired) electrons. The van der Waals surface area contributed by atoms with E-state index in [0.717, 1.165) is 12.2 Å². The summed E-state index contributed by atoms with van der Waals surface area (Å²) in [7, 11) is 5.26. The third kappa shape index (κ3) is 4.78. The maximum absolute atomic E-state index is 12.3. The minimum Gasteiger partial charge on any atom is -0.344 e. The van der Waals surface area contributed by atoms with Gasteiger partial charge < -0.3 is 14.8 Å². The Kier molecular flexibility index (Phi) is 6.47. The smallest absolute Gasteiger partial charge is 0.265 e. The lowest BCUT2D eigenvalue weighted by Crippen LogP contribution is -2.21. The Morgan fingerprint density at radius 3 is 2.79 bits per heavy atom. The molecule has 0 aliphatic carbocycles. The molecule has 0 fully saturated rings. The molecule has 148 valence electrons. The lowest BCUT2D eigenvalue weighted by atomic mass is 10.3. The minimum absolute atomic E-state index is 0.123. The van der Waals surface area contributed by atoms with Gasteiger partial charge in [0, 0.05) is 32.4 Å². The molecule has 0 saturated carbocycles. The Balaban J connectivity index is 1.57. The van der Waals surface area contributed by atoms with Crippen molar-refractivity contribution in [3.05, 3.63) is 38.8 Å². The fourth-order valence-electron chi connectivity index (χ4n) is 2.33. The summed E-state index contributed by atoms with van der Waals surface area (Å²) in [6, 6.07) is 4.07. The van der Waals surface area contributed by atoms with Crippen molar-refractivity contribution < 1.29 is 9.59 Å². The first-order valence-electron chi connectivity index (χ1n) is 8.37. The Labute approximate surface area is 175 Å².